The maximum Gasteiger partial charge on any atom is 0.325 e. The maximum atomic E-state index is 13.7. The Labute approximate surface area is 110 Å². The number of benzene rings is 1. The van der Waals surface area contributed by atoms with Gasteiger partial charge < -0.3 is 14.8 Å². The quantitative estimate of drug-likeness (QED) is 0.634. The zero-order valence-corrected chi connectivity index (χ0v) is 11.0. The summed E-state index contributed by atoms with van der Waals surface area (Å²) in [5.74, 6) is -0.753. The van der Waals surface area contributed by atoms with Gasteiger partial charge in [-0.3, -0.25) is 4.79 Å². The van der Waals surface area contributed by atoms with E-state index >= 15 is 0 Å². The minimum Gasteiger partial charge on any atom is -0.494 e. The molecular weight excluding hydrogens is 261 g/mol. The zero-order valence-electron chi connectivity index (χ0n) is 10.2. The molecule has 0 aromatic heterocycles. The number of halogens is 2. The number of methoxy groups -OCH3 is 2. The van der Waals surface area contributed by atoms with E-state index in [-0.39, 0.29) is 18.8 Å². The number of rotatable bonds is 6. The predicted octanol–water partition coefficient (Wildman–Crippen LogP) is 1.70. The van der Waals surface area contributed by atoms with E-state index in [0.29, 0.717) is 5.56 Å². The van der Waals surface area contributed by atoms with Crippen molar-refractivity contribution >= 4 is 17.6 Å². The van der Waals surface area contributed by atoms with Crippen LogP contribution in [0.5, 0.6) is 5.75 Å². The van der Waals surface area contributed by atoms with E-state index in [1.54, 1.807) is 12.1 Å². The Bertz CT molecular complexity index is 414. The number of esters is 1. The molecule has 1 aromatic rings. The second-order valence-electron chi connectivity index (χ2n) is 3.55. The van der Waals surface area contributed by atoms with Gasteiger partial charge in [-0.15, -0.1) is 11.6 Å². The molecule has 1 N–H and O–H groups in total. The van der Waals surface area contributed by atoms with Gasteiger partial charge in [0.05, 0.1) is 14.2 Å². The first kappa shape index (κ1) is 14.7. The molecule has 18 heavy (non-hydrogen) atoms. The van der Waals surface area contributed by atoms with Gasteiger partial charge in [-0.05, 0) is 6.07 Å². The highest BCUT2D eigenvalue weighted by molar-refractivity contribution is 6.30. The first-order chi connectivity index (χ1) is 8.60. The van der Waals surface area contributed by atoms with Gasteiger partial charge in [-0.2, -0.15) is 0 Å². The van der Waals surface area contributed by atoms with E-state index in [9.17, 15) is 9.18 Å². The molecule has 100 valence electrons. The van der Waals surface area contributed by atoms with Crippen molar-refractivity contribution in [1.82, 2.24) is 5.32 Å². The van der Waals surface area contributed by atoms with Gasteiger partial charge >= 0.3 is 5.97 Å². The van der Waals surface area contributed by atoms with Crippen LogP contribution in [0.25, 0.3) is 0 Å². The number of nitrogens with one attached hydrogen (secondary N) is 1. The summed E-state index contributed by atoms with van der Waals surface area (Å²) in [4.78, 5) is 11.0. The summed E-state index contributed by atoms with van der Waals surface area (Å²) in [6, 6.07) is 4.86. The molecule has 0 fully saturated rings. The lowest BCUT2D eigenvalue weighted by Gasteiger charge is -2.10. The molecule has 0 saturated carbocycles. The highest BCUT2D eigenvalue weighted by Crippen LogP contribution is 2.19. The second kappa shape index (κ2) is 7.18. The van der Waals surface area contributed by atoms with Crippen LogP contribution in [0.15, 0.2) is 18.2 Å². The summed E-state index contributed by atoms with van der Waals surface area (Å²) in [6.07, 6.45) is 0. The van der Waals surface area contributed by atoms with Crippen LogP contribution >= 0.6 is 11.6 Å². The largest absolute Gasteiger partial charge is 0.494 e. The van der Waals surface area contributed by atoms with Crippen molar-refractivity contribution in [3.63, 3.8) is 0 Å². The van der Waals surface area contributed by atoms with Crippen molar-refractivity contribution < 1.29 is 18.7 Å². The van der Waals surface area contributed by atoms with Crippen molar-refractivity contribution in [2.75, 3.05) is 20.8 Å². The third-order valence-corrected chi connectivity index (χ3v) is 2.69. The van der Waals surface area contributed by atoms with E-state index in [1.165, 1.54) is 20.3 Å². The molecule has 4 nitrogen and oxygen atoms in total. The molecule has 1 rings (SSSR count). The molecule has 0 heterocycles. The molecule has 0 aliphatic heterocycles. The SMILES string of the molecule is COC(=O)C(Cl)CNCc1cccc(OC)c1F. The molecule has 0 saturated heterocycles. The Balaban J connectivity index is 2.52. The average molecular weight is 276 g/mol. The van der Waals surface area contributed by atoms with Crippen LogP contribution in [0.1, 0.15) is 5.56 Å². The molecule has 0 amide bonds. The fraction of sp³-hybridized carbons (Fsp3) is 0.417. The highest BCUT2D eigenvalue weighted by atomic mass is 35.5. The van der Waals surface area contributed by atoms with Crippen LogP contribution in [-0.2, 0) is 16.1 Å². The molecule has 0 radical (unpaired) electrons. The molecule has 0 aliphatic rings. The van der Waals surface area contributed by atoms with Gasteiger partial charge in [0, 0.05) is 18.7 Å². The Kier molecular flexibility index (Phi) is 5.88. The maximum absolute atomic E-state index is 13.7. The second-order valence-corrected chi connectivity index (χ2v) is 4.08. The van der Waals surface area contributed by atoms with Crippen molar-refractivity contribution in [2.45, 2.75) is 11.9 Å². The number of alkyl halides is 1. The molecule has 1 aromatic carbocycles. The number of hydrogen-bond donors (Lipinski definition) is 1. The fourth-order valence-electron chi connectivity index (χ4n) is 1.40. The molecule has 1 unspecified atom stereocenters. The van der Waals surface area contributed by atoms with E-state index in [2.05, 4.69) is 10.1 Å². The Morgan fingerprint density at radius 3 is 2.83 bits per heavy atom. The Morgan fingerprint density at radius 1 is 1.50 bits per heavy atom. The van der Waals surface area contributed by atoms with Crippen molar-refractivity contribution in [1.29, 1.82) is 0 Å². The van der Waals surface area contributed by atoms with Crippen LogP contribution in [-0.4, -0.2) is 32.1 Å². The predicted molar refractivity (Wildman–Crippen MR) is 66.3 cm³/mol. The minimum absolute atomic E-state index is 0.185. The molecular formula is C12H15ClFNO3. The number of ether oxygens (including phenoxy) is 2. The lowest BCUT2D eigenvalue weighted by molar-refractivity contribution is -0.140. The molecule has 0 bridgehead atoms. The summed E-state index contributed by atoms with van der Waals surface area (Å²) in [6.45, 7) is 0.453. The molecule has 0 aliphatic carbocycles. The lowest BCUT2D eigenvalue weighted by Crippen LogP contribution is -2.30. The number of carbonyl (C=O) groups is 1. The van der Waals surface area contributed by atoms with Crippen molar-refractivity contribution in [3.8, 4) is 5.75 Å². The summed E-state index contributed by atoms with van der Waals surface area (Å²) in [7, 11) is 2.67. The third-order valence-electron chi connectivity index (χ3n) is 2.36. The first-order valence-corrected chi connectivity index (χ1v) is 5.77. The van der Waals surface area contributed by atoms with E-state index in [4.69, 9.17) is 16.3 Å². The monoisotopic (exact) mass is 275 g/mol. The van der Waals surface area contributed by atoms with Crippen LogP contribution < -0.4 is 10.1 Å². The normalized spacial score (nSPS) is 12.0. The van der Waals surface area contributed by atoms with Crippen LogP contribution in [0, 0.1) is 5.82 Å². The summed E-state index contributed by atoms with van der Waals surface area (Å²) >= 11 is 5.74. The van der Waals surface area contributed by atoms with E-state index < -0.39 is 17.2 Å². The molecule has 1 atom stereocenters. The molecule has 0 spiro atoms. The lowest BCUT2D eigenvalue weighted by atomic mass is 10.2. The van der Waals surface area contributed by atoms with Gasteiger partial charge in [0.1, 0.15) is 5.38 Å². The van der Waals surface area contributed by atoms with Crippen LogP contribution in [0.2, 0.25) is 0 Å². The van der Waals surface area contributed by atoms with Gasteiger partial charge in [0.2, 0.25) is 0 Å². The highest BCUT2D eigenvalue weighted by Gasteiger charge is 2.15. The van der Waals surface area contributed by atoms with Crippen LogP contribution in [0.3, 0.4) is 0 Å². The van der Waals surface area contributed by atoms with Gasteiger partial charge in [0.25, 0.3) is 0 Å². The fourth-order valence-corrected chi connectivity index (χ4v) is 1.59. The van der Waals surface area contributed by atoms with Crippen molar-refractivity contribution in [2.24, 2.45) is 0 Å². The topological polar surface area (TPSA) is 47.6 Å². The summed E-state index contributed by atoms with van der Waals surface area (Å²) in [5.41, 5.74) is 0.447. The zero-order chi connectivity index (χ0) is 13.5. The standard InChI is InChI=1S/C12H15ClFNO3/c1-17-10-5-3-4-8(11(10)14)6-15-7-9(13)12(16)18-2/h3-5,9,15H,6-7H2,1-2H3. The first-order valence-electron chi connectivity index (χ1n) is 5.34. The Morgan fingerprint density at radius 2 is 2.22 bits per heavy atom. The third kappa shape index (κ3) is 3.85. The van der Waals surface area contributed by atoms with E-state index in [0.717, 1.165) is 0 Å². The van der Waals surface area contributed by atoms with E-state index in [1.807, 2.05) is 0 Å². The minimum atomic E-state index is -0.788. The number of carbonyl (C=O) groups excluding carboxylic acids is 1. The Hall–Kier alpha value is -1.33. The smallest absolute Gasteiger partial charge is 0.325 e. The average Bonchev–Trinajstić information content (AvgIpc) is 2.39. The van der Waals surface area contributed by atoms with Crippen LogP contribution in [0.4, 0.5) is 4.39 Å². The van der Waals surface area contributed by atoms with Gasteiger partial charge in [-0.1, -0.05) is 12.1 Å². The summed E-state index contributed by atoms with van der Waals surface area (Å²) in [5, 5.41) is 2.09. The summed E-state index contributed by atoms with van der Waals surface area (Å²) < 4.78 is 23.1. The van der Waals surface area contributed by atoms with Gasteiger partial charge in [-0.25, -0.2) is 4.39 Å². The van der Waals surface area contributed by atoms with Gasteiger partial charge in [0.15, 0.2) is 11.6 Å². The molecule has 6 heteroatoms. The van der Waals surface area contributed by atoms with Crippen molar-refractivity contribution in [3.05, 3.63) is 29.6 Å². The number of hydrogen-bond acceptors (Lipinski definition) is 4.